The Bertz CT molecular complexity index is 1460. The minimum atomic E-state index is -0.655. The zero-order valence-corrected chi connectivity index (χ0v) is 20.5. The van der Waals surface area contributed by atoms with Crippen LogP contribution in [0.4, 0.5) is 11.6 Å². The van der Waals surface area contributed by atoms with E-state index in [2.05, 4.69) is 27.8 Å². The summed E-state index contributed by atoms with van der Waals surface area (Å²) in [6, 6.07) is 25.0. The van der Waals surface area contributed by atoms with E-state index in [-0.39, 0.29) is 24.4 Å². The first-order chi connectivity index (χ1) is 17.3. The third-order valence-electron chi connectivity index (χ3n) is 5.42. The number of nitrogens with one attached hydrogen (secondary N) is 2. The van der Waals surface area contributed by atoms with Gasteiger partial charge in [0.05, 0.1) is 11.6 Å². The molecule has 1 aromatic heterocycles. The van der Waals surface area contributed by atoms with Crippen molar-refractivity contribution < 1.29 is 4.79 Å². The molecule has 36 heavy (non-hydrogen) atoms. The predicted molar refractivity (Wildman–Crippen MR) is 139 cm³/mol. The van der Waals surface area contributed by atoms with E-state index in [0.29, 0.717) is 28.4 Å². The van der Waals surface area contributed by atoms with Gasteiger partial charge in [0.15, 0.2) is 0 Å². The average Bonchev–Trinajstić information content (AvgIpc) is 2.87. The molecular formula is C27H24ClN5O3. The van der Waals surface area contributed by atoms with Gasteiger partial charge in [0.1, 0.15) is 0 Å². The second-order valence-electron chi connectivity index (χ2n) is 8.38. The molecule has 0 saturated heterocycles. The lowest BCUT2D eigenvalue weighted by Crippen LogP contribution is -2.43. The lowest BCUT2D eigenvalue weighted by molar-refractivity contribution is 0.0951. The van der Waals surface area contributed by atoms with Crippen LogP contribution in [0.3, 0.4) is 0 Å². The predicted octanol–water partition coefficient (Wildman–Crippen LogP) is 3.96. The van der Waals surface area contributed by atoms with Crippen molar-refractivity contribution >= 4 is 29.1 Å². The molecule has 4 rings (SSSR count). The summed E-state index contributed by atoms with van der Waals surface area (Å²) in [5.41, 5.74) is 1.52. The van der Waals surface area contributed by atoms with Gasteiger partial charge in [-0.3, -0.25) is 9.36 Å². The lowest BCUT2D eigenvalue weighted by Gasteiger charge is -2.17. The molecule has 3 aromatic carbocycles. The Morgan fingerprint density at radius 2 is 1.72 bits per heavy atom. The van der Waals surface area contributed by atoms with E-state index in [1.165, 1.54) is 4.57 Å². The van der Waals surface area contributed by atoms with E-state index in [1.54, 1.807) is 50.2 Å². The van der Waals surface area contributed by atoms with Crippen molar-refractivity contribution in [3.63, 3.8) is 0 Å². The maximum absolute atomic E-state index is 13.2. The molecule has 8 nitrogen and oxygen atoms in total. The van der Waals surface area contributed by atoms with E-state index >= 15 is 0 Å². The third kappa shape index (κ3) is 5.82. The van der Waals surface area contributed by atoms with Crippen molar-refractivity contribution in [1.82, 2.24) is 19.4 Å². The Balaban J connectivity index is 1.57. The fourth-order valence-corrected chi connectivity index (χ4v) is 3.67. The SMILES string of the molecule is CC(C)n1c(=O)nc(Nc2ccc(C(=O)NCc3ccccc3)cc2)n(Cc2c#cc(Cl)cc2)c1=O. The molecule has 0 unspecified atom stereocenters. The van der Waals surface area contributed by atoms with Crippen molar-refractivity contribution in [3.8, 4) is 0 Å². The number of hydrogen-bond donors (Lipinski definition) is 2. The Morgan fingerprint density at radius 1 is 1.00 bits per heavy atom. The number of carbonyl (C=O) groups is 1. The van der Waals surface area contributed by atoms with Gasteiger partial charge in [-0.1, -0.05) is 48.0 Å². The summed E-state index contributed by atoms with van der Waals surface area (Å²) < 4.78 is 2.44. The molecule has 1 amide bonds. The zero-order chi connectivity index (χ0) is 25.7. The summed E-state index contributed by atoms with van der Waals surface area (Å²) >= 11 is 5.90. The lowest BCUT2D eigenvalue weighted by atomic mass is 10.2. The molecular weight excluding hydrogens is 478 g/mol. The van der Waals surface area contributed by atoms with Crippen LogP contribution in [0.5, 0.6) is 0 Å². The van der Waals surface area contributed by atoms with Crippen LogP contribution in [0, 0.1) is 12.1 Å². The molecule has 0 aliphatic carbocycles. The maximum Gasteiger partial charge on any atom is 0.355 e. The Labute approximate surface area is 213 Å². The molecule has 1 heterocycles. The highest BCUT2D eigenvalue weighted by Gasteiger charge is 2.16. The van der Waals surface area contributed by atoms with Gasteiger partial charge in [-0.15, -0.1) is 0 Å². The second kappa shape index (κ2) is 10.9. The standard InChI is InChI=1S/C27H24ClN5O3/c1-18(2)33-26(35)31-25(32(27(33)36)17-20-8-12-22(28)13-9-20)30-23-14-10-21(11-15-23)24(34)29-16-19-6-4-3-5-7-19/h3-8,10-12,14-15,18H,16-17H2,1-2H3,(H,29,34)(H,30,31,35). The molecule has 182 valence electrons. The minimum Gasteiger partial charge on any atom is -0.348 e. The molecule has 0 atom stereocenters. The Kier molecular flexibility index (Phi) is 7.52. The fourth-order valence-electron chi connectivity index (χ4n) is 3.56. The van der Waals surface area contributed by atoms with E-state index < -0.39 is 11.4 Å². The van der Waals surface area contributed by atoms with Crippen LogP contribution in [0.2, 0.25) is 5.02 Å². The summed E-state index contributed by atoms with van der Waals surface area (Å²) in [5.74, 6) is -0.138. The summed E-state index contributed by atoms with van der Waals surface area (Å²) in [6.07, 6.45) is 0. The van der Waals surface area contributed by atoms with Crippen LogP contribution in [0.25, 0.3) is 0 Å². The van der Waals surface area contributed by atoms with Crippen molar-refractivity contribution in [3.05, 3.63) is 122 Å². The molecule has 0 fully saturated rings. The number of benzene rings is 2. The third-order valence-corrected chi connectivity index (χ3v) is 5.64. The molecule has 0 saturated carbocycles. The van der Waals surface area contributed by atoms with Crippen LogP contribution in [0.15, 0.2) is 76.3 Å². The number of nitrogens with zero attached hydrogens (tertiary/aromatic N) is 3. The Hall–Kier alpha value is -4.35. The van der Waals surface area contributed by atoms with E-state index in [0.717, 1.165) is 10.1 Å². The fraction of sp³-hybridized carbons (Fsp3) is 0.185. The van der Waals surface area contributed by atoms with Crippen molar-refractivity contribution in [2.45, 2.75) is 33.0 Å². The van der Waals surface area contributed by atoms with E-state index in [4.69, 9.17) is 11.6 Å². The van der Waals surface area contributed by atoms with Gasteiger partial charge in [0.25, 0.3) is 5.91 Å². The molecule has 2 N–H and O–H groups in total. The molecule has 4 aromatic rings. The van der Waals surface area contributed by atoms with Gasteiger partial charge in [0, 0.05) is 29.4 Å². The summed E-state index contributed by atoms with van der Waals surface area (Å²) in [4.78, 5) is 42.4. The van der Waals surface area contributed by atoms with E-state index in [1.807, 2.05) is 30.3 Å². The molecule has 0 spiro atoms. The molecule has 0 bridgehead atoms. The molecule has 0 aliphatic heterocycles. The maximum atomic E-state index is 13.2. The number of aromatic nitrogens is 3. The highest BCUT2D eigenvalue weighted by atomic mass is 35.5. The van der Waals surface area contributed by atoms with Gasteiger partial charge in [-0.2, -0.15) is 4.98 Å². The van der Waals surface area contributed by atoms with Crippen molar-refractivity contribution in [2.24, 2.45) is 0 Å². The highest BCUT2D eigenvalue weighted by Crippen LogP contribution is 2.16. The van der Waals surface area contributed by atoms with Crippen LogP contribution in [0.1, 0.15) is 41.4 Å². The summed E-state index contributed by atoms with van der Waals surface area (Å²) in [7, 11) is 0. The van der Waals surface area contributed by atoms with Crippen molar-refractivity contribution in [2.75, 3.05) is 5.32 Å². The summed E-state index contributed by atoms with van der Waals surface area (Å²) in [6.45, 7) is 4.01. The number of halogens is 1. The number of amides is 1. The topological polar surface area (TPSA) is 98.0 Å². The average molecular weight is 502 g/mol. The van der Waals surface area contributed by atoms with Gasteiger partial charge >= 0.3 is 11.4 Å². The first-order valence-corrected chi connectivity index (χ1v) is 11.7. The molecule has 9 heteroatoms. The quantitative estimate of drug-likeness (QED) is 0.381. The Morgan fingerprint density at radius 3 is 2.36 bits per heavy atom. The smallest absolute Gasteiger partial charge is 0.348 e. The normalized spacial score (nSPS) is 10.7. The molecule has 0 aliphatic rings. The van der Waals surface area contributed by atoms with Crippen LogP contribution < -0.4 is 22.0 Å². The van der Waals surface area contributed by atoms with Crippen molar-refractivity contribution in [1.29, 1.82) is 0 Å². The first-order valence-electron chi connectivity index (χ1n) is 11.3. The van der Waals surface area contributed by atoms with Crippen LogP contribution in [-0.2, 0) is 13.1 Å². The molecule has 0 radical (unpaired) electrons. The minimum absolute atomic E-state index is 0.0755. The highest BCUT2D eigenvalue weighted by molar-refractivity contribution is 6.30. The first kappa shape index (κ1) is 24.8. The number of carbonyl (C=O) groups excluding carboxylic acids is 1. The number of anilines is 2. The number of rotatable bonds is 8. The van der Waals surface area contributed by atoms with E-state index in [9.17, 15) is 14.4 Å². The van der Waals surface area contributed by atoms with Gasteiger partial charge in [0.2, 0.25) is 5.95 Å². The van der Waals surface area contributed by atoms with Gasteiger partial charge in [-0.05, 0) is 61.9 Å². The van der Waals surface area contributed by atoms with Crippen LogP contribution in [-0.4, -0.2) is 20.0 Å². The van der Waals surface area contributed by atoms with Crippen LogP contribution >= 0.6 is 11.6 Å². The number of hydrogen-bond acceptors (Lipinski definition) is 5. The zero-order valence-electron chi connectivity index (χ0n) is 19.8. The van der Waals surface area contributed by atoms with Gasteiger partial charge < -0.3 is 10.6 Å². The monoisotopic (exact) mass is 501 g/mol. The summed E-state index contributed by atoms with van der Waals surface area (Å²) in [5, 5.41) is 6.32. The second-order valence-corrected chi connectivity index (χ2v) is 8.78. The van der Waals surface area contributed by atoms with Gasteiger partial charge in [-0.25, -0.2) is 14.2 Å². The largest absolute Gasteiger partial charge is 0.355 e.